The Kier molecular flexibility index (Phi) is 5.26. The van der Waals surface area contributed by atoms with Crippen LogP contribution in [-0.4, -0.2) is 48.4 Å². The van der Waals surface area contributed by atoms with Crippen LogP contribution in [0.4, 0.5) is 11.5 Å². The van der Waals surface area contributed by atoms with Crippen molar-refractivity contribution in [3.63, 3.8) is 0 Å². The van der Waals surface area contributed by atoms with Gasteiger partial charge >= 0.3 is 5.69 Å². The van der Waals surface area contributed by atoms with E-state index in [1.807, 2.05) is 0 Å². The van der Waals surface area contributed by atoms with Crippen LogP contribution in [0.5, 0.6) is 0 Å². The Hall–Kier alpha value is -1.44. The number of hydrogen-bond donors (Lipinski definition) is 1. The molecule has 100 valence electrons. The van der Waals surface area contributed by atoms with Crippen LogP contribution in [0.15, 0.2) is 12.1 Å². The van der Waals surface area contributed by atoms with Gasteiger partial charge in [-0.1, -0.05) is 11.6 Å². The van der Waals surface area contributed by atoms with Crippen molar-refractivity contribution in [3.05, 3.63) is 27.4 Å². The lowest BCUT2D eigenvalue weighted by Gasteiger charge is -2.21. The first kappa shape index (κ1) is 14.6. The number of anilines is 1. The summed E-state index contributed by atoms with van der Waals surface area (Å²) in [6.45, 7) is 0.292. The second-order valence-electron chi connectivity index (χ2n) is 3.72. The van der Waals surface area contributed by atoms with Gasteiger partial charge < -0.3 is 14.7 Å². The van der Waals surface area contributed by atoms with E-state index in [4.69, 9.17) is 16.3 Å². The minimum absolute atomic E-state index is 0.114. The number of aromatic nitrogens is 1. The Labute approximate surface area is 109 Å². The quantitative estimate of drug-likeness (QED) is 0.475. The van der Waals surface area contributed by atoms with E-state index in [0.29, 0.717) is 0 Å². The van der Waals surface area contributed by atoms with E-state index in [9.17, 15) is 15.2 Å². The first-order chi connectivity index (χ1) is 8.45. The summed E-state index contributed by atoms with van der Waals surface area (Å²) in [6.07, 6.45) is -0.764. The van der Waals surface area contributed by atoms with E-state index in [-0.39, 0.29) is 29.8 Å². The molecule has 0 aliphatic rings. The Morgan fingerprint density at radius 1 is 1.67 bits per heavy atom. The number of rotatable bonds is 6. The number of methoxy groups -OCH3 is 1. The van der Waals surface area contributed by atoms with Gasteiger partial charge in [0.2, 0.25) is 5.82 Å². The summed E-state index contributed by atoms with van der Waals surface area (Å²) in [5, 5.41) is 20.6. The molecule has 0 amide bonds. The highest BCUT2D eigenvalue weighted by atomic mass is 35.5. The average molecular weight is 276 g/mol. The summed E-state index contributed by atoms with van der Waals surface area (Å²) in [5.41, 5.74) is -0.161. The molecule has 0 fully saturated rings. The fourth-order valence-electron chi connectivity index (χ4n) is 1.49. The maximum Gasteiger partial charge on any atom is 0.311 e. The van der Waals surface area contributed by atoms with Gasteiger partial charge in [0, 0.05) is 26.8 Å². The number of pyridine rings is 1. The van der Waals surface area contributed by atoms with Crippen LogP contribution < -0.4 is 4.90 Å². The van der Waals surface area contributed by atoms with E-state index in [1.54, 1.807) is 7.05 Å². The third kappa shape index (κ3) is 3.80. The Morgan fingerprint density at radius 2 is 2.33 bits per heavy atom. The number of nitro groups is 1. The highest BCUT2D eigenvalue weighted by Gasteiger charge is 2.21. The minimum atomic E-state index is -0.764. The van der Waals surface area contributed by atoms with Gasteiger partial charge in [-0.15, -0.1) is 0 Å². The van der Waals surface area contributed by atoms with Gasteiger partial charge in [-0.2, -0.15) is 0 Å². The molecule has 0 radical (unpaired) electrons. The number of likely N-dealkylation sites (N-methyl/N-ethyl adjacent to an activating group) is 1. The van der Waals surface area contributed by atoms with Crippen LogP contribution >= 0.6 is 11.6 Å². The molecule has 0 aromatic carbocycles. The van der Waals surface area contributed by atoms with Gasteiger partial charge in [0.25, 0.3) is 0 Å². The Balaban J connectivity index is 2.93. The maximum absolute atomic E-state index is 10.9. The smallest absolute Gasteiger partial charge is 0.311 e. The average Bonchev–Trinajstić information content (AvgIpc) is 2.28. The topological polar surface area (TPSA) is 88.7 Å². The lowest BCUT2D eigenvalue weighted by molar-refractivity contribution is -0.384. The van der Waals surface area contributed by atoms with Crippen LogP contribution in [0.25, 0.3) is 0 Å². The summed E-state index contributed by atoms with van der Waals surface area (Å²) >= 11 is 5.72. The van der Waals surface area contributed by atoms with Crippen LogP contribution in [0, 0.1) is 10.1 Å². The van der Waals surface area contributed by atoms with E-state index >= 15 is 0 Å². The molecule has 0 bridgehead atoms. The summed E-state index contributed by atoms with van der Waals surface area (Å²) in [4.78, 5) is 15.7. The number of halogens is 1. The Morgan fingerprint density at radius 3 is 2.89 bits per heavy atom. The number of nitrogens with zero attached hydrogens (tertiary/aromatic N) is 3. The molecule has 0 aliphatic carbocycles. The molecule has 1 aromatic rings. The van der Waals surface area contributed by atoms with Gasteiger partial charge in [0.05, 0.1) is 17.6 Å². The highest BCUT2D eigenvalue weighted by Crippen LogP contribution is 2.26. The highest BCUT2D eigenvalue weighted by molar-refractivity contribution is 6.29. The van der Waals surface area contributed by atoms with Crippen molar-refractivity contribution in [3.8, 4) is 0 Å². The molecular formula is C10H14ClN3O4. The van der Waals surface area contributed by atoms with Crippen LogP contribution in [-0.2, 0) is 4.74 Å². The summed E-state index contributed by atoms with van der Waals surface area (Å²) in [7, 11) is 3.05. The molecule has 1 aromatic heterocycles. The lowest BCUT2D eigenvalue weighted by atomic mass is 10.3. The first-order valence-corrected chi connectivity index (χ1v) is 5.52. The molecule has 0 spiro atoms. The van der Waals surface area contributed by atoms with Crippen molar-refractivity contribution in [2.75, 3.05) is 32.2 Å². The molecule has 1 heterocycles. The molecule has 1 rings (SSSR count). The van der Waals surface area contributed by atoms with Gasteiger partial charge in [0.1, 0.15) is 5.15 Å². The third-order valence-corrected chi connectivity index (χ3v) is 2.43. The summed E-state index contributed by atoms with van der Waals surface area (Å²) in [5.74, 6) is 0.114. The van der Waals surface area contributed by atoms with Gasteiger partial charge in [-0.3, -0.25) is 10.1 Å². The molecule has 1 N–H and O–H groups in total. The number of ether oxygens (including phenoxy) is 1. The fraction of sp³-hybridized carbons (Fsp3) is 0.500. The van der Waals surface area contributed by atoms with E-state index in [0.717, 1.165) is 0 Å². The largest absolute Gasteiger partial charge is 0.389 e. The second-order valence-corrected chi connectivity index (χ2v) is 4.11. The molecule has 0 saturated heterocycles. The van der Waals surface area contributed by atoms with E-state index < -0.39 is 11.0 Å². The molecule has 18 heavy (non-hydrogen) atoms. The third-order valence-electron chi connectivity index (χ3n) is 2.22. The molecule has 0 aliphatic heterocycles. The van der Waals surface area contributed by atoms with Crippen molar-refractivity contribution >= 4 is 23.1 Å². The molecule has 1 atom stereocenters. The predicted octanol–water partition coefficient (Wildman–Crippen LogP) is 1.09. The van der Waals surface area contributed by atoms with E-state index in [1.165, 1.54) is 24.1 Å². The lowest BCUT2D eigenvalue weighted by Crippen LogP contribution is -2.32. The van der Waals surface area contributed by atoms with Crippen LogP contribution in [0.2, 0.25) is 5.15 Å². The first-order valence-electron chi connectivity index (χ1n) is 5.14. The molecule has 8 heteroatoms. The van der Waals surface area contributed by atoms with Crippen molar-refractivity contribution < 1.29 is 14.8 Å². The Bertz CT molecular complexity index is 430. The van der Waals surface area contributed by atoms with Gasteiger partial charge in [-0.25, -0.2) is 4.98 Å². The fourth-order valence-corrected chi connectivity index (χ4v) is 1.63. The second kappa shape index (κ2) is 6.48. The molecule has 1 unspecified atom stereocenters. The van der Waals surface area contributed by atoms with Gasteiger partial charge in [-0.05, 0) is 6.07 Å². The zero-order valence-electron chi connectivity index (χ0n) is 10.0. The van der Waals surface area contributed by atoms with Crippen molar-refractivity contribution in [2.24, 2.45) is 0 Å². The number of aliphatic hydroxyl groups is 1. The normalized spacial score (nSPS) is 12.2. The van der Waals surface area contributed by atoms with Crippen molar-refractivity contribution in [1.82, 2.24) is 4.98 Å². The zero-order valence-corrected chi connectivity index (χ0v) is 10.8. The zero-order chi connectivity index (χ0) is 13.7. The molecule has 0 saturated carbocycles. The predicted molar refractivity (Wildman–Crippen MR) is 67.1 cm³/mol. The summed E-state index contributed by atoms with van der Waals surface area (Å²) in [6, 6.07) is 2.63. The number of aliphatic hydroxyl groups excluding tert-OH is 1. The minimum Gasteiger partial charge on any atom is -0.389 e. The van der Waals surface area contributed by atoms with E-state index in [2.05, 4.69) is 4.98 Å². The number of hydrogen-bond acceptors (Lipinski definition) is 6. The van der Waals surface area contributed by atoms with Gasteiger partial charge in [0.15, 0.2) is 0 Å². The van der Waals surface area contributed by atoms with Crippen molar-refractivity contribution in [1.29, 1.82) is 0 Å². The molecule has 7 nitrogen and oxygen atoms in total. The maximum atomic E-state index is 10.9. The van der Waals surface area contributed by atoms with Crippen LogP contribution in [0.1, 0.15) is 0 Å². The SMILES string of the molecule is COCC(O)CN(C)c1nc(Cl)ccc1[N+](=O)[O-]. The van der Waals surface area contributed by atoms with Crippen molar-refractivity contribution in [2.45, 2.75) is 6.10 Å². The molecular weight excluding hydrogens is 262 g/mol. The summed E-state index contributed by atoms with van der Waals surface area (Å²) < 4.78 is 4.78. The monoisotopic (exact) mass is 275 g/mol. The standard InChI is InChI=1S/C10H14ClN3O4/c1-13(5-7(15)6-18-2)10-8(14(16)17)3-4-9(11)12-10/h3-4,7,15H,5-6H2,1-2H3. The van der Waals surface area contributed by atoms with Crippen LogP contribution in [0.3, 0.4) is 0 Å².